The van der Waals surface area contributed by atoms with Crippen LogP contribution in [-0.2, 0) is 0 Å². The summed E-state index contributed by atoms with van der Waals surface area (Å²) in [5.41, 5.74) is 3.65. The molecule has 0 bridgehead atoms. The zero-order chi connectivity index (χ0) is 12.3. The number of nitrogens with two attached hydrogens (primary N) is 1. The van der Waals surface area contributed by atoms with Gasteiger partial charge in [-0.25, -0.2) is 10.8 Å². The van der Waals surface area contributed by atoms with Gasteiger partial charge in [0.2, 0.25) is 5.95 Å². The quantitative estimate of drug-likeness (QED) is 0.597. The highest BCUT2D eigenvalue weighted by molar-refractivity contribution is 9.10. The number of hydrogen-bond donors (Lipinski definition) is 3. The molecular formula is C10H12BrN5S. The first-order chi connectivity index (χ1) is 8.20. The fraction of sp³-hybridized carbons (Fsp3) is 0.200. The Labute approximate surface area is 112 Å². The molecule has 2 rings (SSSR count). The molecule has 1 unspecified atom stereocenters. The van der Waals surface area contributed by atoms with E-state index in [1.807, 2.05) is 0 Å². The summed E-state index contributed by atoms with van der Waals surface area (Å²) >= 11 is 5.07. The van der Waals surface area contributed by atoms with Gasteiger partial charge in [-0.05, 0) is 45.2 Å². The van der Waals surface area contributed by atoms with Crippen molar-refractivity contribution in [3.8, 4) is 0 Å². The molecular weight excluding hydrogens is 302 g/mol. The second-order valence-electron chi connectivity index (χ2n) is 3.46. The molecule has 0 saturated carbocycles. The molecule has 0 radical (unpaired) electrons. The Hall–Kier alpha value is -1.18. The van der Waals surface area contributed by atoms with Crippen LogP contribution >= 0.6 is 27.3 Å². The second-order valence-corrected chi connectivity index (χ2v) is 5.09. The van der Waals surface area contributed by atoms with E-state index >= 15 is 0 Å². The lowest BCUT2D eigenvalue weighted by molar-refractivity contribution is 0.875. The molecule has 0 aliphatic heterocycles. The van der Waals surface area contributed by atoms with Gasteiger partial charge in [-0.3, -0.25) is 5.43 Å². The number of nitrogens with one attached hydrogen (secondary N) is 2. The normalized spacial score (nSPS) is 12.2. The Bertz CT molecular complexity index is 487. The monoisotopic (exact) mass is 313 g/mol. The van der Waals surface area contributed by atoms with Crippen LogP contribution in [-0.4, -0.2) is 9.97 Å². The first-order valence-electron chi connectivity index (χ1n) is 4.98. The molecule has 2 aromatic heterocycles. The molecule has 17 heavy (non-hydrogen) atoms. The number of rotatable bonds is 4. The first-order valence-corrected chi connectivity index (χ1v) is 6.72. The van der Waals surface area contributed by atoms with Crippen molar-refractivity contribution >= 4 is 39.0 Å². The molecule has 0 spiro atoms. The summed E-state index contributed by atoms with van der Waals surface area (Å²) in [7, 11) is 0. The highest BCUT2D eigenvalue weighted by Crippen LogP contribution is 2.25. The van der Waals surface area contributed by atoms with E-state index < -0.39 is 0 Å². The Kier molecular flexibility index (Phi) is 3.93. The average Bonchev–Trinajstić information content (AvgIpc) is 2.85. The Balaban J connectivity index is 2.18. The van der Waals surface area contributed by atoms with Gasteiger partial charge >= 0.3 is 0 Å². The van der Waals surface area contributed by atoms with Crippen LogP contribution < -0.4 is 16.6 Å². The smallest absolute Gasteiger partial charge is 0.239 e. The third kappa shape index (κ3) is 2.93. The van der Waals surface area contributed by atoms with Crippen molar-refractivity contribution in [1.82, 2.24) is 9.97 Å². The van der Waals surface area contributed by atoms with Crippen LogP contribution in [0.5, 0.6) is 0 Å². The number of hydrogen-bond acceptors (Lipinski definition) is 6. The zero-order valence-corrected chi connectivity index (χ0v) is 11.5. The van der Waals surface area contributed by atoms with Gasteiger partial charge in [-0.15, -0.1) is 0 Å². The van der Waals surface area contributed by atoms with E-state index in [4.69, 9.17) is 5.84 Å². The fourth-order valence-electron chi connectivity index (χ4n) is 1.35. The van der Waals surface area contributed by atoms with E-state index in [1.165, 1.54) is 5.56 Å². The Morgan fingerprint density at radius 2 is 2.35 bits per heavy atom. The minimum atomic E-state index is 0.179. The molecule has 0 aromatic carbocycles. The Morgan fingerprint density at radius 1 is 1.53 bits per heavy atom. The zero-order valence-electron chi connectivity index (χ0n) is 9.14. The average molecular weight is 314 g/mol. The summed E-state index contributed by atoms with van der Waals surface area (Å²) in [5.74, 6) is 6.37. The molecule has 0 aliphatic carbocycles. The third-order valence-corrected chi connectivity index (χ3v) is 3.55. The maximum atomic E-state index is 5.28. The van der Waals surface area contributed by atoms with Crippen LogP contribution in [0.2, 0.25) is 0 Å². The van der Waals surface area contributed by atoms with Crippen LogP contribution in [0.15, 0.2) is 27.5 Å². The molecule has 2 aromatic rings. The molecule has 1 atom stereocenters. The summed E-state index contributed by atoms with van der Waals surface area (Å²) in [4.78, 5) is 8.23. The fourth-order valence-corrected chi connectivity index (χ4v) is 2.41. The molecule has 2 heterocycles. The molecule has 0 fully saturated rings. The molecule has 5 nitrogen and oxygen atoms in total. The highest BCUT2D eigenvalue weighted by atomic mass is 79.9. The molecule has 7 heteroatoms. The number of halogens is 1. The minimum Gasteiger partial charge on any atom is -0.362 e. The third-order valence-electron chi connectivity index (χ3n) is 2.27. The molecule has 0 saturated heterocycles. The van der Waals surface area contributed by atoms with E-state index in [0.29, 0.717) is 11.8 Å². The molecule has 90 valence electrons. The molecule has 0 amide bonds. The van der Waals surface area contributed by atoms with Gasteiger partial charge in [0.05, 0.1) is 10.5 Å². The number of nitrogens with zero attached hydrogens (tertiary/aromatic N) is 2. The van der Waals surface area contributed by atoms with E-state index in [2.05, 4.69) is 60.4 Å². The largest absolute Gasteiger partial charge is 0.362 e. The Morgan fingerprint density at radius 3 is 3.00 bits per heavy atom. The van der Waals surface area contributed by atoms with Crippen molar-refractivity contribution in [3.05, 3.63) is 33.1 Å². The lowest BCUT2D eigenvalue weighted by atomic mass is 10.2. The van der Waals surface area contributed by atoms with Crippen molar-refractivity contribution < 1.29 is 0 Å². The predicted molar refractivity (Wildman–Crippen MR) is 73.9 cm³/mol. The van der Waals surface area contributed by atoms with Gasteiger partial charge in [0.25, 0.3) is 0 Å². The van der Waals surface area contributed by atoms with Gasteiger partial charge in [0.15, 0.2) is 0 Å². The van der Waals surface area contributed by atoms with Crippen LogP contribution in [0.1, 0.15) is 18.5 Å². The summed E-state index contributed by atoms with van der Waals surface area (Å²) in [6.45, 7) is 2.08. The van der Waals surface area contributed by atoms with E-state index in [0.717, 1.165) is 4.47 Å². The van der Waals surface area contributed by atoms with Gasteiger partial charge in [0, 0.05) is 6.20 Å². The van der Waals surface area contributed by atoms with Gasteiger partial charge in [0.1, 0.15) is 5.82 Å². The lowest BCUT2D eigenvalue weighted by Crippen LogP contribution is -2.13. The van der Waals surface area contributed by atoms with Gasteiger partial charge < -0.3 is 5.32 Å². The first kappa shape index (κ1) is 12.3. The van der Waals surface area contributed by atoms with Crippen molar-refractivity contribution in [2.24, 2.45) is 5.84 Å². The number of thiophene rings is 1. The summed E-state index contributed by atoms with van der Waals surface area (Å²) in [5, 5.41) is 7.46. The number of aromatic nitrogens is 2. The molecule has 4 N–H and O–H groups in total. The number of hydrazine groups is 1. The maximum absolute atomic E-state index is 5.28. The van der Waals surface area contributed by atoms with Crippen LogP contribution in [0, 0.1) is 0 Å². The van der Waals surface area contributed by atoms with Crippen molar-refractivity contribution in [1.29, 1.82) is 0 Å². The minimum absolute atomic E-state index is 0.179. The number of anilines is 2. The summed E-state index contributed by atoms with van der Waals surface area (Å²) < 4.78 is 0.804. The number of nitrogen functional groups attached to an aromatic ring is 1. The second kappa shape index (κ2) is 5.44. The highest BCUT2D eigenvalue weighted by Gasteiger charge is 2.10. The summed E-state index contributed by atoms with van der Waals surface area (Å²) in [6.07, 6.45) is 1.66. The maximum Gasteiger partial charge on any atom is 0.239 e. The summed E-state index contributed by atoms with van der Waals surface area (Å²) in [6, 6.07) is 2.26. The van der Waals surface area contributed by atoms with Crippen molar-refractivity contribution in [2.45, 2.75) is 13.0 Å². The van der Waals surface area contributed by atoms with Crippen molar-refractivity contribution in [2.75, 3.05) is 10.7 Å². The SMILES string of the molecule is CC(Nc1nc(NN)ncc1Br)c1ccsc1. The van der Waals surface area contributed by atoms with Crippen LogP contribution in [0.25, 0.3) is 0 Å². The van der Waals surface area contributed by atoms with Crippen LogP contribution in [0.3, 0.4) is 0 Å². The van der Waals surface area contributed by atoms with Gasteiger partial charge in [-0.2, -0.15) is 16.3 Å². The van der Waals surface area contributed by atoms with E-state index in [-0.39, 0.29) is 6.04 Å². The van der Waals surface area contributed by atoms with Crippen LogP contribution in [0.4, 0.5) is 11.8 Å². The standard InChI is InChI=1S/C10H12BrN5S/c1-6(7-2-3-17-5-7)14-9-8(11)4-13-10(15-9)16-12/h2-6H,12H2,1H3,(H2,13,14,15,16). The van der Waals surface area contributed by atoms with Crippen molar-refractivity contribution in [3.63, 3.8) is 0 Å². The van der Waals surface area contributed by atoms with E-state index in [1.54, 1.807) is 17.5 Å². The van der Waals surface area contributed by atoms with E-state index in [9.17, 15) is 0 Å². The van der Waals surface area contributed by atoms with Gasteiger partial charge in [-0.1, -0.05) is 0 Å². The lowest BCUT2D eigenvalue weighted by Gasteiger charge is -2.14. The molecule has 0 aliphatic rings. The predicted octanol–water partition coefficient (Wildman–Crippen LogP) is 2.76. The topological polar surface area (TPSA) is 75.9 Å².